The molecule has 0 amide bonds. The maximum Gasteiger partial charge on any atom is 0.249 e. The summed E-state index contributed by atoms with van der Waals surface area (Å²) in [5.74, 6) is 3.27. The quantitative estimate of drug-likeness (QED) is 0.801. The molecule has 0 N–H and O–H groups in total. The van der Waals surface area contributed by atoms with Gasteiger partial charge in [-0.25, -0.2) is 8.42 Å². The van der Waals surface area contributed by atoms with E-state index in [0.717, 1.165) is 11.5 Å². The number of rotatable bonds is 5. The number of nitrogens with zero attached hydrogens (tertiary/aromatic N) is 3. The van der Waals surface area contributed by atoms with E-state index in [2.05, 4.69) is 17.1 Å². The van der Waals surface area contributed by atoms with Crippen molar-refractivity contribution in [1.29, 1.82) is 0 Å². The van der Waals surface area contributed by atoms with Gasteiger partial charge in [0.2, 0.25) is 15.0 Å². The van der Waals surface area contributed by atoms with Crippen LogP contribution in [0.1, 0.15) is 38.6 Å². The fourth-order valence-electron chi connectivity index (χ4n) is 4.93. The van der Waals surface area contributed by atoms with Gasteiger partial charge in [-0.2, -0.15) is 0 Å². The van der Waals surface area contributed by atoms with E-state index >= 15 is 0 Å². The molecule has 2 fully saturated rings. The van der Waals surface area contributed by atoms with E-state index in [0.29, 0.717) is 23.4 Å². The summed E-state index contributed by atoms with van der Waals surface area (Å²) in [5.41, 5.74) is 0.821. The van der Waals surface area contributed by atoms with Crippen molar-refractivity contribution < 1.29 is 13.2 Å². The van der Waals surface area contributed by atoms with Crippen LogP contribution in [-0.2, 0) is 9.84 Å². The van der Waals surface area contributed by atoms with Gasteiger partial charge in [0.25, 0.3) is 0 Å². The van der Waals surface area contributed by atoms with E-state index in [1.54, 1.807) is 7.11 Å². The number of aromatic nitrogens is 3. The highest BCUT2D eigenvalue weighted by Crippen LogP contribution is 2.52. The SMILES string of the molecule is COc1cccc(-c2nnc(S(C)(=O)=O)n2C(C)C2CC3CCC2C3)c1. The van der Waals surface area contributed by atoms with Crippen molar-refractivity contribution in [1.82, 2.24) is 14.8 Å². The maximum absolute atomic E-state index is 12.4. The van der Waals surface area contributed by atoms with Crippen LogP contribution in [0, 0.1) is 17.8 Å². The lowest BCUT2D eigenvalue weighted by Crippen LogP contribution is -2.25. The van der Waals surface area contributed by atoms with E-state index in [4.69, 9.17) is 4.74 Å². The highest BCUT2D eigenvalue weighted by molar-refractivity contribution is 7.90. The summed E-state index contributed by atoms with van der Waals surface area (Å²) in [4.78, 5) is 0. The average Bonchev–Trinajstić information content (AvgIpc) is 3.35. The molecule has 1 heterocycles. The highest BCUT2D eigenvalue weighted by atomic mass is 32.2. The average molecular weight is 375 g/mol. The molecule has 4 rings (SSSR count). The second kappa shape index (κ2) is 6.37. The van der Waals surface area contributed by atoms with Crippen molar-refractivity contribution in [3.8, 4) is 17.1 Å². The second-order valence-electron chi connectivity index (χ2n) is 7.76. The van der Waals surface area contributed by atoms with Crippen molar-refractivity contribution in [2.45, 2.75) is 43.8 Å². The Hall–Kier alpha value is -1.89. The smallest absolute Gasteiger partial charge is 0.249 e. The van der Waals surface area contributed by atoms with Crippen LogP contribution in [0.15, 0.2) is 29.4 Å². The number of methoxy groups -OCH3 is 1. The fraction of sp³-hybridized carbons (Fsp3) is 0.579. The molecule has 2 saturated carbocycles. The molecule has 1 aromatic carbocycles. The molecule has 7 heteroatoms. The molecule has 0 aliphatic heterocycles. The predicted molar refractivity (Wildman–Crippen MR) is 98.8 cm³/mol. The van der Waals surface area contributed by atoms with Crippen LogP contribution in [0.4, 0.5) is 0 Å². The van der Waals surface area contributed by atoms with Crippen LogP contribution in [0.5, 0.6) is 5.75 Å². The van der Waals surface area contributed by atoms with E-state index in [1.807, 2.05) is 28.8 Å². The minimum atomic E-state index is -3.47. The molecular formula is C19H25N3O3S. The first-order valence-corrected chi connectivity index (χ1v) is 11.1. The van der Waals surface area contributed by atoms with Crippen LogP contribution in [0.2, 0.25) is 0 Å². The zero-order chi connectivity index (χ0) is 18.5. The van der Waals surface area contributed by atoms with E-state index in [9.17, 15) is 8.42 Å². The summed E-state index contributed by atoms with van der Waals surface area (Å²) in [6.07, 6.45) is 6.23. The number of sulfone groups is 1. The predicted octanol–water partition coefficient (Wildman–Crippen LogP) is 3.35. The van der Waals surface area contributed by atoms with Crippen molar-refractivity contribution in [2.75, 3.05) is 13.4 Å². The van der Waals surface area contributed by atoms with Crippen LogP contribution < -0.4 is 4.74 Å². The molecule has 0 spiro atoms. The Bertz CT molecular complexity index is 922. The van der Waals surface area contributed by atoms with E-state index in [1.165, 1.54) is 31.9 Å². The number of benzene rings is 1. The number of hydrogen-bond donors (Lipinski definition) is 0. The number of ether oxygens (including phenoxy) is 1. The Morgan fingerprint density at radius 3 is 2.65 bits per heavy atom. The third-order valence-corrected chi connectivity index (χ3v) is 7.09. The van der Waals surface area contributed by atoms with Crippen LogP contribution >= 0.6 is 0 Å². The summed E-state index contributed by atoms with van der Waals surface area (Å²) in [6, 6.07) is 7.59. The van der Waals surface area contributed by atoms with Crippen molar-refractivity contribution in [2.24, 2.45) is 17.8 Å². The number of hydrogen-bond acceptors (Lipinski definition) is 5. The molecule has 26 heavy (non-hydrogen) atoms. The first kappa shape index (κ1) is 17.5. The van der Waals surface area contributed by atoms with E-state index < -0.39 is 9.84 Å². The van der Waals surface area contributed by atoms with Gasteiger partial charge in [0.15, 0.2) is 5.82 Å². The molecule has 2 aromatic rings. The van der Waals surface area contributed by atoms with Gasteiger partial charge in [-0.15, -0.1) is 10.2 Å². The summed E-state index contributed by atoms with van der Waals surface area (Å²) < 4.78 is 31.9. The summed E-state index contributed by atoms with van der Waals surface area (Å²) in [5, 5.41) is 8.38. The van der Waals surface area contributed by atoms with Gasteiger partial charge in [-0.3, -0.25) is 4.57 Å². The fourth-order valence-corrected chi connectivity index (χ4v) is 5.73. The molecule has 0 radical (unpaired) electrons. The van der Waals surface area contributed by atoms with Crippen molar-refractivity contribution in [3.05, 3.63) is 24.3 Å². The van der Waals surface area contributed by atoms with Crippen molar-refractivity contribution in [3.63, 3.8) is 0 Å². The largest absolute Gasteiger partial charge is 0.497 e. The summed E-state index contributed by atoms with van der Waals surface area (Å²) in [6.45, 7) is 2.12. The van der Waals surface area contributed by atoms with Gasteiger partial charge in [-0.05, 0) is 56.1 Å². The number of fused-ring (bicyclic) bond motifs is 2. The molecule has 2 aliphatic rings. The lowest BCUT2D eigenvalue weighted by atomic mass is 9.84. The first-order valence-electron chi connectivity index (χ1n) is 9.18. The molecule has 2 bridgehead atoms. The minimum absolute atomic E-state index is 0.0474. The van der Waals surface area contributed by atoms with Gasteiger partial charge in [0.05, 0.1) is 7.11 Å². The Kier molecular flexibility index (Phi) is 4.29. The second-order valence-corrected chi connectivity index (χ2v) is 9.67. The highest BCUT2D eigenvalue weighted by Gasteiger charge is 2.43. The third-order valence-electron chi connectivity index (χ3n) is 6.14. The van der Waals surface area contributed by atoms with Crippen LogP contribution in [0.25, 0.3) is 11.4 Å². The Morgan fingerprint density at radius 2 is 2.04 bits per heavy atom. The molecule has 6 nitrogen and oxygen atoms in total. The van der Waals surface area contributed by atoms with Gasteiger partial charge in [-0.1, -0.05) is 18.6 Å². The van der Waals surface area contributed by atoms with Gasteiger partial charge < -0.3 is 4.74 Å². The molecule has 1 aromatic heterocycles. The molecule has 4 atom stereocenters. The molecule has 140 valence electrons. The third kappa shape index (κ3) is 2.92. The standard InChI is InChI=1S/C19H25N3O3S/c1-12(17-10-13-7-8-14(17)9-13)22-18(20-21-19(22)26(3,23)24)15-5-4-6-16(11-15)25-2/h4-6,11-14,17H,7-10H2,1-3H3. The van der Waals surface area contributed by atoms with Gasteiger partial charge >= 0.3 is 0 Å². The Morgan fingerprint density at radius 1 is 1.23 bits per heavy atom. The normalized spacial score (nSPS) is 26.2. The summed E-state index contributed by atoms with van der Waals surface area (Å²) >= 11 is 0. The van der Waals surface area contributed by atoms with Gasteiger partial charge in [0.1, 0.15) is 5.75 Å². The lowest BCUT2D eigenvalue weighted by Gasteiger charge is -2.30. The Balaban J connectivity index is 1.81. The summed E-state index contributed by atoms with van der Waals surface area (Å²) in [7, 11) is -1.85. The van der Waals surface area contributed by atoms with Crippen LogP contribution in [-0.4, -0.2) is 36.5 Å². The van der Waals surface area contributed by atoms with Crippen molar-refractivity contribution >= 4 is 9.84 Å². The van der Waals surface area contributed by atoms with E-state index in [-0.39, 0.29) is 11.2 Å². The van der Waals surface area contributed by atoms with Gasteiger partial charge in [0, 0.05) is 17.9 Å². The zero-order valence-corrected chi connectivity index (χ0v) is 16.2. The molecule has 2 aliphatic carbocycles. The lowest BCUT2D eigenvalue weighted by molar-refractivity contribution is 0.234. The van der Waals surface area contributed by atoms with Crippen LogP contribution in [0.3, 0.4) is 0 Å². The molecular weight excluding hydrogens is 350 g/mol. The maximum atomic E-state index is 12.4. The monoisotopic (exact) mass is 375 g/mol. The topological polar surface area (TPSA) is 74.1 Å². The Labute approximate surface area is 154 Å². The molecule has 0 saturated heterocycles. The first-order chi connectivity index (χ1) is 12.4. The zero-order valence-electron chi connectivity index (χ0n) is 15.4. The minimum Gasteiger partial charge on any atom is -0.497 e. The molecule has 4 unspecified atom stereocenters.